The molecule has 2 atom stereocenters. The normalized spacial score (nSPS) is 19.2. The van der Waals surface area contributed by atoms with Crippen LogP contribution in [0, 0.1) is 26.2 Å². The Morgan fingerprint density at radius 1 is 0.686 bits per heavy atom. The highest BCUT2D eigenvalue weighted by Crippen LogP contribution is 2.52. The number of hydrogen-bond acceptors (Lipinski definition) is 3. The van der Waals surface area contributed by atoms with E-state index in [9.17, 15) is 9.90 Å². The van der Waals surface area contributed by atoms with Gasteiger partial charge in [-0.2, -0.15) is 0 Å². The van der Waals surface area contributed by atoms with Crippen molar-refractivity contribution in [2.45, 2.75) is 209 Å². The van der Waals surface area contributed by atoms with Gasteiger partial charge in [0.05, 0.1) is 32.3 Å². The molecule has 0 unspecified atom stereocenters. The van der Waals surface area contributed by atoms with Crippen molar-refractivity contribution in [3.05, 3.63) is 40.1 Å². The number of benzene rings is 1. The molecule has 3 rings (SSSR count). The first-order valence-electron chi connectivity index (χ1n) is 22.1. The molecule has 1 fully saturated rings. The first kappa shape index (κ1) is 45.5. The van der Waals surface area contributed by atoms with Gasteiger partial charge in [-0.3, -0.25) is 4.79 Å². The lowest BCUT2D eigenvalue weighted by Gasteiger charge is -2.42. The van der Waals surface area contributed by atoms with Gasteiger partial charge in [-0.1, -0.05) is 117 Å². The van der Waals surface area contributed by atoms with E-state index in [0.29, 0.717) is 18.4 Å². The molecule has 4 heteroatoms. The highest BCUT2D eigenvalue weighted by atomic mass is 16.5. The fourth-order valence-electron chi connectivity index (χ4n) is 9.07. The second-order valence-electron chi connectivity index (χ2n) is 16.8. The zero-order valence-electron chi connectivity index (χ0n) is 35.2. The number of aryl methyl sites for hydroxylation is 3. The third-order valence-electron chi connectivity index (χ3n) is 12.0. The number of ether oxygens (including phenoxy) is 1. The lowest BCUT2D eigenvalue weighted by molar-refractivity contribution is -0.929. The minimum atomic E-state index is -0.523. The quantitative estimate of drug-likeness (QED) is 0.0750. The number of unbranched alkanes of at least 4 members (excludes halogenated alkanes) is 13. The van der Waals surface area contributed by atoms with Crippen molar-refractivity contribution in [1.82, 2.24) is 0 Å². The summed E-state index contributed by atoms with van der Waals surface area (Å²) in [5.74, 6) is 0.0978. The van der Waals surface area contributed by atoms with Gasteiger partial charge in [-0.15, -0.1) is 5.76 Å². The number of rotatable bonds is 25. The highest BCUT2D eigenvalue weighted by Gasteiger charge is 2.45. The van der Waals surface area contributed by atoms with E-state index in [2.05, 4.69) is 46.8 Å². The van der Waals surface area contributed by atoms with Gasteiger partial charge in [-0.05, 0) is 120 Å². The predicted octanol–water partition coefficient (Wildman–Crippen LogP) is 12.5. The van der Waals surface area contributed by atoms with Gasteiger partial charge in [0.2, 0.25) is 0 Å². The SMILES string of the molecule is CCCCCC[N+](CCCCCC)(CCCCCC)CCCCCC.CCCCO[C@H]1CCC[C@@]2(CC(=O)C(c3c(C)cc(C)cc3C)=C2[O-])C1. The van der Waals surface area contributed by atoms with Crippen LogP contribution in [0.4, 0.5) is 0 Å². The van der Waals surface area contributed by atoms with E-state index in [4.69, 9.17) is 4.74 Å². The van der Waals surface area contributed by atoms with E-state index in [-0.39, 0.29) is 17.6 Å². The molecule has 51 heavy (non-hydrogen) atoms. The first-order valence-corrected chi connectivity index (χ1v) is 22.1. The van der Waals surface area contributed by atoms with Crippen molar-refractivity contribution < 1.29 is 19.1 Å². The molecular weight excluding hydrogens is 627 g/mol. The number of Topliss-reactive ketones (excluding diaryl/α,β-unsaturated/α-hetero) is 1. The molecule has 0 amide bonds. The standard InChI is InChI=1S/C24H52N.C23H32O3/c1-5-9-13-17-21-25(22-18-14-10-6-2,23-19-15-11-7-3)24-20-16-12-8-4;1-5-6-10-26-18-8-7-9-23(13-18)14-19(24)21(22(23)25)20-16(3)11-15(2)12-17(20)4/h5-24H2,1-4H3;11-12,18,25H,5-10,13-14H2,1-4H3/q+1;/p-1/t;18-,23-/m.0/s1. The van der Waals surface area contributed by atoms with Crippen LogP contribution in [-0.2, 0) is 9.53 Å². The fourth-order valence-corrected chi connectivity index (χ4v) is 9.07. The lowest BCUT2D eigenvalue weighted by Crippen LogP contribution is -2.50. The molecule has 0 aromatic heterocycles. The molecule has 0 aliphatic heterocycles. The number of carbonyl (C=O) groups excluding carboxylic acids is 1. The molecule has 0 radical (unpaired) electrons. The van der Waals surface area contributed by atoms with E-state index >= 15 is 0 Å². The van der Waals surface area contributed by atoms with Crippen LogP contribution in [0.1, 0.15) is 205 Å². The molecular formula is C47H83NO3. The van der Waals surface area contributed by atoms with E-state index in [1.165, 1.54) is 139 Å². The van der Waals surface area contributed by atoms with Crippen LogP contribution in [-0.4, -0.2) is 49.2 Å². The van der Waals surface area contributed by atoms with Crippen molar-refractivity contribution in [1.29, 1.82) is 0 Å². The Hall–Kier alpha value is -1.65. The topological polar surface area (TPSA) is 49.4 Å². The molecule has 2 aliphatic rings. The summed E-state index contributed by atoms with van der Waals surface area (Å²) in [5.41, 5.74) is 4.03. The smallest absolute Gasteiger partial charge is 0.163 e. The zero-order valence-corrected chi connectivity index (χ0v) is 35.2. The van der Waals surface area contributed by atoms with Gasteiger partial charge in [0.1, 0.15) is 0 Å². The van der Waals surface area contributed by atoms with Gasteiger partial charge < -0.3 is 14.3 Å². The Bertz CT molecular complexity index is 1060. The maximum atomic E-state index is 13.4. The summed E-state index contributed by atoms with van der Waals surface area (Å²) < 4.78 is 7.48. The molecule has 1 saturated carbocycles. The summed E-state index contributed by atoms with van der Waals surface area (Å²) in [4.78, 5) is 12.9. The molecule has 4 nitrogen and oxygen atoms in total. The van der Waals surface area contributed by atoms with E-state index in [1.54, 1.807) is 0 Å². The molecule has 0 heterocycles. The third-order valence-corrected chi connectivity index (χ3v) is 12.0. The van der Waals surface area contributed by atoms with Gasteiger partial charge >= 0.3 is 0 Å². The molecule has 0 saturated heterocycles. The second kappa shape index (κ2) is 25.4. The largest absolute Gasteiger partial charge is 0.875 e. The van der Waals surface area contributed by atoms with Gasteiger partial charge in [0.25, 0.3) is 0 Å². The Kier molecular flexibility index (Phi) is 22.6. The van der Waals surface area contributed by atoms with Crippen LogP contribution >= 0.6 is 0 Å². The molecule has 294 valence electrons. The number of quaternary nitrogens is 1. The predicted molar refractivity (Wildman–Crippen MR) is 219 cm³/mol. The van der Waals surface area contributed by atoms with Crippen molar-refractivity contribution in [3.8, 4) is 0 Å². The molecule has 2 aliphatic carbocycles. The van der Waals surface area contributed by atoms with E-state index in [1.807, 2.05) is 20.8 Å². The van der Waals surface area contributed by atoms with Crippen LogP contribution in [0.15, 0.2) is 17.9 Å². The second-order valence-corrected chi connectivity index (χ2v) is 16.8. The monoisotopic (exact) mass is 710 g/mol. The molecule has 1 aromatic rings. The van der Waals surface area contributed by atoms with E-state index in [0.717, 1.165) is 55.4 Å². The maximum Gasteiger partial charge on any atom is 0.163 e. The summed E-state index contributed by atoms with van der Waals surface area (Å²) in [6.45, 7) is 24.2. The number of hydrogen-bond donors (Lipinski definition) is 0. The number of allylic oxidation sites excluding steroid dienone is 2. The van der Waals surface area contributed by atoms with Crippen molar-refractivity contribution >= 4 is 11.4 Å². The zero-order chi connectivity index (χ0) is 37.5. The lowest BCUT2D eigenvalue weighted by atomic mass is 9.71. The minimum absolute atomic E-state index is 0.0271. The van der Waals surface area contributed by atoms with Crippen LogP contribution < -0.4 is 5.11 Å². The van der Waals surface area contributed by atoms with Gasteiger partial charge in [0.15, 0.2) is 5.78 Å². The maximum absolute atomic E-state index is 13.4. The number of ketones is 1. The van der Waals surface area contributed by atoms with Gasteiger partial charge in [-0.25, -0.2) is 0 Å². The molecule has 1 aromatic carbocycles. The Labute approximate surface area is 317 Å². The van der Waals surface area contributed by atoms with Crippen LogP contribution in [0.3, 0.4) is 0 Å². The first-order chi connectivity index (χ1) is 24.6. The Morgan fingerprint density at radius 3 is 1.57 bits per heavy atom. The summed E-state index contributed by atoms with van der Waals surface area (Å²) in [5, 5.41) is 13.4. The van der Waals surface area contributed by atoms with Crippen LogP contribution in [0.5, 0.6) is 0 Å². The van der Waals surface area contributed by atoms with Crippen LogP contribution in [0.2, 0.25) is 0 Å². The summed E-state index contributed by atoms with van der Waals surface area (Å²) >= 11 is 0. The average molecular weight is 710 g/mol. The summed E-state index contributed by atoms with van der Waals surface area (Å²) in [6.07, 6.45) is 29.0. The molecule has 1 spiro atoms. The van der Waals surface area contributed by atoms with Gasteiger partial charge in [0, 0.05) is 18.6 Å². The fraction of sp³-hybridized carbons (Fsp3) is 0.809. The van der Waals surface area contributed by atoms with Crippen molar-refractivity contribution in [3.63, 3.8) is 0 Å². The molecule has 0 bridgehead atoms. The average Bonchev–Trinajstić information content (AvgIpc) is 3.32. The summed E-state index contributed by atoms with van der Waals surface area (Å²) in [6, 6.07) is 4.14. The van der Waals surface area contributed by atoms with E-state index < -0.39 is 5.41 Å². The summed E-state index contributed by atoms with van der Waals surface area (Å²) in [7, 11) is 0. The van der Waals surface area contributed by atoms with Crippen LogP contribution in [0.25, 0.3) is 5.57 Å². The number of nitrogens with zero attached hydrogens (tertiary/aromatic N) is 1. The Balaban J connectivity index is 0.000000354. The van der Waals surface area contributed by atoms with Crippen molar-refractivity contribution in [2.75, 3.05) is 32.8 Å². The molecule has 0 N–H and O–H groups in total. The van der Waals surface area contributed by atoms with Crippen molar-refractivity contribution in [2.24, 2.45) is 5.41 Å². The third kappa shape index (κ3) is 15.3. The Morgan fingerprint density at radius 2 is 1.14 bits per heavy atom. The number of carbonyl (C=O) groups is 1. The highest BCUT2D eigenvalue weighted by molar-refractivity contribution is 6.24. The minimum Gasteiger partial charge on any atom is -0.875 e.